The van der Waals surface area contributed by atoms with E-state index in [1.54, 1.807) is 0 Å². The topological polar surface area (TPSA) is 174 Å². The molecule has 2 N–H and O–H groups in total. The van der Waals surface area contributed by atoms with E-state index in [0.29, 0.717) is 0 Å². The molecule has 0 rings (SSSR count). The van der Waals surface area contributed by atoms with Crippen LogP contribution in [-0.2, 0) is 34.1 Å². The average Bonchev–Trinajstić information content (AvgIpc) is 2.33. The molecule has 0 unspecified atom stereocenters. The van der Waals surface area contributed by atoms with Gasteiger partial charge in [-0.15, -0.1) is 0 Å². The predicted octanol–water partition coefficient (Wildman–Crippen LogP) is -3.25. The molecule has 0 amide bonds. The van der Waals surface area contributed by atoms with E-state index in [1.807, 2.05) is 0 Å². The van der Waals surface area contributed by atoms with Gasteiger partial charge in [0, 0.05) is 0 Å². The molecule has 0 aromatic rings. The molecule has 0 bridgehead atoms. The second kappa shape index (κ2) is 14900. The Morgan fingerprint density at radius 1 is 0.438 bits per heavy atom. The number of rotatable bonds is 0. The third-order valence-corrected chi connectivity index (χ3v) is 0. The molecule has 0 aliphatic heterocycles. The first-order valence-electron chi connectivity index (χ1n) is 1.34. The van der Waals surface area contributed by atoms with E-state index in [0.717, 1.165) is 0 Å². The van der Waals surface area contributed by atoms with Crippen LogP contribution in [0.1, 0.15) is 0 Å². The summed E-state index contributed by atoms with van der Waals surface area (Å²) >= 11 is 0. The Morgan fingerprint density at radius 3 is 0.438 bits per heavy atom. The van der Waals surface area contributed by atoms with Crippen molar-refractivity contribution in [1.82, 2.24) is 0 Å². The maximum absolute atomic E-state index is 6.25. The summed E-state index contributed by atoms with van der Waals surface area (Å²) in [7, 11) is 0. The minimum atomic E-state index is 0. The third-order valence-electron chi connectivity index (χ3n) is 0. The van der Waals surface area contributed by atoms with Gasteiger partial charge in [-0.25, -0.2) is 0 Å². The molecule has 0 heterocycles. The third kappa shape index (κ3) is 11900. The largest absolute Gasteiger partial charge is 3.00 e. The minimum Gasteiger partial charge on any atom is -0.512 e. The Balaban J connectivity index is -0.00000000321. The monoisotopic (exact) mass is 325 g/mol. The summed E-state index contributed by atoms with van der Waals surface area (Å²) in [6.45, 7) is 28.5. The summed E-state index contributed by atoms with van der Waals surface area (Å²) < 4.78 is 0. The van der Waals surface area contributed by atoms with Gasteiger partial charge in [0.1, 0.15) is 0 Å². The first-order chi connectivity index (χ1) is 6.00. The fraction of sp³-hybridized carbons (Fsp3) is 0. The van der Waals surface area contributed by atoms with E-state index in [4.69, 9.17) is 71.0 Å². The van der Waals surface area contributed by atoms with Crippen molar-refractivity contribution >= 4 is 0 Å². The molecule has 0 aliphatic rings. The average molecular weight is 325 g/mol. The Bertz CT molecular complexity index is 106. The zero-order valence-electron chi connectivity index (χ0n) is 7.89. The van der Waals surface area contributed by atoms with Crippen molar-refractivity contribution < 1.29 is 91.0 Å². The van der Waals surface area contributed by atoms with Gasteiger partial charge in [-0.1, -0.05) is 0 Å². The summed E-state index contributed by atoms with van der Waals surface area (Å²) in [6.07, 6.45) is 0. The molecule has 79 valence electrons. The molecular formula is C6H2Fe2KN6O. The van der Waals surface area contributed by atoms with E-state index in [1.165, 1.54) is 0 Å². The van der Waals surface area contributed by atoms with E-state index in [2.05, 4.69) is 0 Å². The molecule has 0 saturated heterocycles. The Kier molecular flexibility index (Phi) is 99100. The second-order valence-corrected chi connectivity index (χ2v) is 0. The van der Waals surface area contributed by atoms with Gasteiger partial charge in [0.2, 0.25) is 0 Å². The van der Waals surface area contributed by atoms with Crippen molar-refractivity contribution in [2.45, 2.75) is 0 Å². The minimum absolute atomic E-state index is 0. The van der Waals surface area contributed by atoms with E-state index in [9.17, 15) is 0 Å². The summed E-state index contributed by atoms with van der Waals surface area (Å²) in [5.41, 5.74) is 0. The molecule has 10 heteroatoms. The van der Waals surface area contributed by atoms with Crippen LogP contribution in [0.25, 0.3) is 0 Å². The summed E-state index contributed by atoms with van der Waals surface area (Å²) in [5, 5.41) is 37.5. The van der Waals surface area contributed by atoms with Crippen LogP contribution in [-0.4, -0.2) is 5.48 Å². The number of nitrogens with zero attached hydrogens (tertiary/aromatic N) is 6. The molecular weight excluding hydrogens is 323 g/mol. The van der Waals surface area contributed by atoms with Crippen molar-refractivity contribution in [2.75, 3.05) is 0 Å². The molecule has 0 fully saturated rings. The zero-order valence-corrected chi connectivity index (χ0v) is 13.2. The molecule has 0 aromatic heterocycles. The van der Waals surface area contributed by atoms with E-state index < -0.39 is 0 Å². The SMILES string of the molecule is O.[C-]#N.[C-]#N.[C-]#N.[C-]#N.[C-]#N.[C-]#N.[Fe+2].[Fe+3].[K+]. The second-order valence-electron chi connectivity index (χ2n) is 0. The molecule has 0 saturated carbocycles. The Labute approximate surface area is 160 Å². The smallest absolute Gasteiger partial charge is 0.512 e. The maximum atomic E-state index is 6.25. The first-order valence-corrected chi connectivity index (χ1v) is 1.34. The van der Waals surface area contributed by atoms with Gasteiger partial charge in [-0.2, -0.15) is 0 Å². The first kappa shape index (κ1) is 106. The van der Waals surface area contributed by atoms with Gasteiger partial charge in [-0.05, 0) is 0 Å². The van der Waals surface area contributed by atoms with Crippen LogP contribution in [0.3, 0.4) is 0 Å². The predicted molar refractivity (Wildman–Crippen MR) is 33.4 cm³/mol. The van der Waals surface area contributed by atoms with Crippen molar-refractivity contribution in [3.63, 3.8) is 0 Å². The van der Waals surface area contributed by atoms with Crippen LogP contribution in [0.15, 0.2) is 0 Å². The molecule has 16 heavy (non-hydrogen) atoms. The molecule has 0 aromatic carbocycles. The quantitative estimate of drug-likeness (QED) is 0.334. The molecule has 0 aliphatic carbocycles. The van der Waals surface area contributed by atoms with Crippen molar-refractivity contribution in [1.29, 1.82) is 31.6 Å². The normalized spacial score (nSPS) is 0.750. The van der Waals surface area contributed by atoms with Crippen molar-refractivity contribution in [3.8, 4) is 0 Å². The van der Waals surface area contributed by atoms with E-state index in [-0.39, 0.29) is 91.0 Å². The van der Waals surface area contributed by atoms with Gasteiger partial charge >= 0.3 is 85.5 Å². The standard InChI is InChI=1S/6CN.2Fe.K.H2O/c6*1-2;;;;/h;;;;;;;;;1H2/q6*-1;+2;+3;+1;. The Hall–Kier alpha value is -0.425. The summed E-state index contributed by atoms with van der Waals surface area (Å²) in [4.78, 5) is 0. The summed E-state index contributed by atoms with van der Waals surface area (Å²) in [6, 6.07) is 0. The van der Waals surface area contributed by atoms with Crippen LogP contribution >= 0.6 is 0 Å². The van der Waals surface area contributed by atoms with Crippen LogP contribution in [0, 0.1) is 71.0 Å². The number of hydrogen-bond donors (Lipinski definition) is 0. The fourth-order valence-corrected chi connectivity index (χ4v) is 0. The van der Waals surface area contributed by atoms with Crippen molar-refractivity contribution in [2.24, 2.45) is 0 Å². The maximum Gasteiger partial charge on any atom is 3.00 e. The van der Waals surface area contributed by atoms with Gasteiger partial charge in [0.15, 0.2) is 0 Å². The molecule has 0 atom stereocenters. The van der Waals surface area contributed by atoms with Gasteiger partial charge in [0.05, 0.1) is 0 Å². The zero-order chi connectivity index (χ0) is 12.0. The fourth-order valence-electron chi connectivity index (χ4n) is 0. The van der Waals surface area contributed by atoms with E-state index >= 15 is 0 Å². The van der Waals surface area contributed by atoms with Gasteiger partial charge in [-0.3, -0.25) is 0 Å². The van der Waals surface area contributed by atoms with Crippen LogP contribution in [0.2, 0.25) is 0 Å². The van der Waals surface area contributed by atoms with Crippen LogP contribution in [0.4, 0.5) is 0 Å². The van der Waals surface area contributed by atoms with Gasteiger partial charge < -0.3 is 76.5 Å². The Morgan fingerprint density at radius 2 is 0.438 bits per heavy atom. The number of hydrogen-bond acceptors (Lipinski definition) is 6. The molecule has 0 spiro atoms. The van der Waals surface area contributed by atoms with Crippen LogP contribution < -0.4 is 51.4 Å². The van der Waals surface area contributed by atoms with Crippen molar-refractivity contribution in [3.05, 3.63) is 39.4 Å². The molecule has 7 nitrogen and oxygen atoms in total. The van der Waals surface area contributed by atoms with Gasteiger partial charge in [0.25, 0.3) is 0 Å². The summed E-state index contributed by atoms with van der Waals surface area (Å²) in [5.74, 6) is 0. The van der Waals surface area contributed by atoms with Crippen LogP contribution in [0.5, 0.6) is 0 Å². The molecule has 1 radical (unpaired) electrons.